The highest BCUT2D eigenvalue weighted by molar-refractivity contribution is 7.11. The van der Waals surface area contributed by atoms with Crippen LogP contribution in [0.25, 0.3) is 0 Å². The van der Waals surface area contributed by atoms with Gasteiger partial charge in [-0.1, -0.05) is 26.0 Å². The van der Waals surface area contributed by atoms with E-state index in [1.807, 2.05) is 6.07 Å². The molecule has 0 aliphatic carbocycles. The van der Waals surface area contributed by atoms with Crippen molar-refractivity contribution >= 4 is 11.3 Å². The zero-order valence-electron chi connectivity index (χ0n) is 11.2. The number of hydrogen-bond acceptors (Lipinski definition) is 4. The molecule has 0 saturated heterocycles. The fraction of sp³-hybridized carbons (Fsp3) is 0.429. The van der Waals surface area contributed by atoms with Gasteiger partial charge in [0.05, 0.1) is 0 Å². The van der Waals surface area contributed by atoms with E-state index < -0.39 is 0 Å². The molecule has 5 heteroatoms. The number of benzene rings is 1. The van der Waals surface area contributed by atoms with Gasteiger partial charge in [0.15, 0.2) is 0 Å². The molecule has 0 saturated carbocycles. The van der Waals surface area contributed by atoms with Crippen molar-refractivity contribution in [1.82, 2.24) is 15.5 Å². The number of nitrogens with one attached hydrogen (secondary N) is 1. The molecule has 0 bridgehead atoms. The summed E-state index contributed by atoms with van der Waals surface area (Å²) >= 11 is 1.60. The Balaban J connectivity index is 1.90. The van der Waals surface area contributed by atoms with Gasteiger partial charge in [-0.2, -0.15) is 0 Å². The molecule has 2 rings (SSSR count). The van der Waals surface area contributed by atoms with Gasteiger partial charge in [0.2, 0.25) is 0 Å². The third-order valence-corrected chi connectivity index (χ3v) is 3.63. The normalized spacial score (nSPS) is 11.2. The summed E-state index contributed by atoms with van der Waals surface area (Å²) in [4.78, 5) is 0. The standard InChI is InChI=1S/C14H18FN3S/c1-10(2)16-7-6-13-17-18-14(19-13)9-11-4-3-5-12(15)8-11/h3-5,8,10,16H,6-7,9H2,1-2H3. The number of aromatic nitrogens is 2. The Kier molecular flexibility index (Phi) is 4.99. The van der Waals surface area contributed by atoms with Crippen LogP contribution >= 0.6 is 11.3 Å². The summed E-state index contributed by atoms with van der Waals surface area (Å²) in [5.74, 6) is -0.205. The minimum Gasteiger partial charge on any atom is -0.314 e. The van der Waals surface area contributed by atoms with Crippen LogP contribution in [0.2, 0.25) is 0 Å². The molecular formula is C14H18FN3S. The molecule has 2 aromatic rings. The minimum atomic E-state index is -0.205. The lowest BCUT2D eigenvalue weighted by molar-refractivity contribution is 0.588. The van der Waals surface area contributed by atoms with Gasteiger partial charge in [0, 0.05) is 25.4 Å². The van der Waals surface area contributed by atoms with Crippen molar-refractivity contribution in [2.75, 3.05) is 6.54 Å². The number of hydrogen-bond donors (Lipinski definition) is 1. The van der Waals surface area contributed by atoms with E-state index in [0.717, 1.165) is 28.5 Å². The molecule has 19 heavy (non-hydrogen) atoms. The molecule has 1 N–H and O–H groups in total. The van der Waals surface area contributed by atoms with Gasteiger partial charge in [0.1, 0.15) is 15.8 Å². The van der Waals surface area contributed by atoms with E-state index in [1.165, 1.54) is 6.07 Å². The summed E-state index contributed by atoms with van der Waals surface area (Å²) in [6, 6.07) is 7.11. The maximum absolute atomic E-state index is 13.1. The first-order valence-electron chi connectivity index (χ1n) is 6.42. The fourth-order valence-electron chi connectivity index (χ4n) is 1.75. The highest BCUT2D eigenvalue weighted by Crippen LogP contribution is 2.15. The Hall–Kier alpha value is -1.33. The molecule has 102 valence electrons. The molecule has 0 amide bonds. The zero-order valence-corrected chi connectivity index (χ0v) is 12.0. The molecule has 1 aromatic heterocycles. The molecule has 1 aromatic carbocycles. The monoisotopic (exact) mass is 279 g/mol. The molecule has 0 unspecified atom stereocenters. The molecular weight excluding hydrogens is 261 g/mol. The van der Waals surface area contributed by atoms with Crippen molar-refractivity contribution in [3.63, 3.8) is 0 Å². The van der Waals surface area contributed by atoms with Gasteiger partial charge < -0.3 is 5.32 Å². The van der Waals surface area contributed by atoms with Crippen LogP contribution in [0.1, 0.15) is 29.4 Å². The molecule has 0 radical (unpaired) electrons. The summed E-state index contributed by atoms with van der Waals surface area (Å²) in [6.45, 7) is 5.15. The van der Waals surface area contributed by atoms with Crippen molar-refractivity contribution in [3.05, 3.63) is 45.7 Å². The number of nitrogens with zero attached hydrogens (tertiary/aromatic N) is 2. The van der Waals surface area contributed by atoms with Crippen molar-refractivity contribution in [2.45, 2.75) is 32.7 Å². The largest absolute Gasteiger partial charge is 0.314 e. The first-order valence-corrected chi connectivity index (χ1v) is 7.24. The van der Waals surface area contributed by atoms with E-state index in [4.69, 9.17) is 0 Å². The van der Waals surface area contributed by atoms with Crippen LogP contribution in [0.15, 0.2) is 24.3 Å². The average Bonchev–Trinajstić information content (AvgIpc) is 2.76. The van der Waals surface area contributed by atoms with E-state index in [9.17, 15) is 4.39 Å². The highest BCUT2D eigenvalue weighted by Gasteiger charge is 2.06. The molecule has 0 aliphatic rings. The maximum atomic E-state index is 13.1. The summed E-state index contributed by atoms with van der Waals surface area (Å²) < 4.78 is 13.1. The zero-order chi connectivity index (χ0) is 13.7. The van der Waals surface area contributed by atoms with E-state index in [-0.39, 0.29) is 5.82 Å². The molecule has 0 fully saturated rings. The van der Waals surface area contributed by atoms with Gasteiger partial charge in [-0.3, -0.25) is 0 Å². The summed E-state index contributed by atoms with van der Waals surface area (Å²) in [5.41, 5.74) is 0.933. The highest BCUT2D eigenvalue weighted by atomic mass is 32.1. The average molecular weight is 279 g/mol. The maximum Gasteiger partial charge on any atom is 0.123 e. The lowest BCUT2D eigenvalue weighted by atomic mass is 10.1. The second-order valence-electron chi connectivity index (χ2n) is 4.76. The fourth-order valence-corrected chi connectivity index (χ4v) is 2.63. The number of rotatable bonds is 6. The van der Waals surface area contributed by atoms with E-state index in [0.29, 0.717) is 12.5 Å². The Morgan fingerprint density at radius 2 is 2.05 bits per heavy atom. The third-order valence-electron chi connectivity index (χ3n) is 2.64. The van der Waals surface area contributed by atoms with Crippen LogP contribution in [0.5, 0.6) is 0 Å². The summed E-state index contributed by atoms with van der Waals surface area (Å²) in [6.07, 6.45) is 1.53. The predicted octanol–water partition coefficient (Wildman–Crippen LogP) is 2.81. The van der Waals surface area contributed by atoms with Gasteiger partial charge in [-0.25, -0.2) is 4.39 Å². The van der Waals surface area contributed by atoms with E-state index in [1.54, 1.807) is 23.5 Å². The summed E-state index contributed by atoms with van der Waals surface area (Å²) in [7, 11) is 0. The Morgan fingerprint density at radius 1 is 1.26 bits per heavy atom. The van der Waals surface area contributed by atoms with Crippen molar-refractivity contribution in [2.24, 2.45) is 0 Å². The first-order chi connectivity index (χ1) is 9.13. The first kappa shape index (κ1) is 14.1. The van der Waals surface area contributed by atoms with Crippen molar-refractivity contribution in [1.29, 1.82) is 0 Å². The van der Waals surface area contributed by atoms with Crippen molar-refractivity contribution in [3.8, 4) is 0 Å². The second-order valence-corrected chi connectivity index (χ2v) is 5.90. The third kappa shape index (κ3) is 4.69. The van der Waals surface area contributed by atoms with Crippen LogP contribution in [0.4, 0.5) is 4.39 Å². The van der Waals surface area contributed by atoms with Gasteiger partial charge in [-0.05, 0) is 17.7 Å². The second kappa shape index (κ2) is 6.73. The van der Waals surface area contributed by atoms with E-state index in [2.05, 4.69) is 29.4 Å². The quantitative estimate of drug-likeness (QED) is 0.883. The smallest absolute Gasteiger partial charge is 0.123 e. The lowest BCUT2D eigenvalue weighted by Gasteiger charge is -2.05. The van der Waals surface area contributed by atoms with Crippen LogP contribution in [-0.2, 0) is 12.8 Å². The molecule has 1 heterocycles. The molecule has 0 atom stereocenters. The van der Waals surface area contributed by atoms with Gasteiger partial charge >= 0.3 is 0 Å². The minimum absolute atomic E-state index is 0.205. The predicted molar refractivity (Wildman–Crippen MR) is 76.0 cm³/mol. The lowest BCUT2D eigenvalue weighted by Crippen LogP contribution is -2.24. The SMILES string of the molecule is CC(C)NCCc1nnc(Cc2cccc(F)c2)s1. The molecule has 0 spiro atoms. The Morgan fingerprint density at radius 3 is 2.79 bits per heavy atom. The van der Waals surface area contributed by atoms with Gasteiger partial charge in [0.25, 0.3) is 0 Å². The van der Waals surface area contributed by atoms with Gasteiger partial charge in [-0.15, -0.1) is 21.5 Å². The van der Waals surface area contributed by atoms with Crippen LogP contribution in [0, 0.1) is 5.82 Å². The van der Waals surface area contributed by atoms with Crippen LogP contribution < -0.4 is 5.32 Å². The topological polar surface area (TPSA) is 37.8 Å². The molecule has 0 aliphatic heterocycles. The van der Waals surface area contributed by atoms with Crippen molar-refractivity contribution < 1.29 is 4.39 Å². The van der Waals surface area contributed by atoms with E-state index >= 15 is 0 Å². The Labute approximate surface area is 116 Å². The summed E-state index contributed by atoms with van der Waals surface area (Å²) in [5, 5.41) is 13.6. The van der Waals surface area contributed by atoms with Crippen LogP contribution in [0.3, 0.4) is 0 Å². The number of halogens is 1. The Bertz CT molecular complexity index is 525. The van der Waals surface area contributed by atoms with Crippen LogP contribution in [-0.4, -0.2) is 22.8 Å². The molecule has 3 nitrogen and oxygen atoms in total.